The predicted octanol–water partition coefficient (Wildman–Crippen LogP) is 3.12. The summed E-state index contributed by atoms with van der Waals surface area (Å²) in [7, 11) is 0. The first-order valence-corrected chi connectivity index (χ1v) is 7.71. The number of aromatic nitrogens is 1. The van der Waals surface area contributed by atoms with Crippen LogP contribution in [-0.2, 0) is 6.54 Å². The van der Waals surface area contributed by atoms with E-state index in [-0.39, 0.29) is 12.1 Å². The summed E-state index contributed by atoms with van der Waals surface area (Å²) >= 11 is 3.42. The highest BCUT2D eigenvalue weighted by Gasteiger charge is 2.20. The molecule has 0 aliphatic rings. The molecule has 0 radical (unpaired) electrons. The van der Waals surface area contributed by atoms with Crippen molar-refractivity contribution in [2.24, 2.45) is 0 Å². The van der Waals surface area contributed by atoms with Crippen LogP contribution in [0.15, 0.2) is 23.7 Å². The molecule has 0 fully saturated rings. The highest BCUT2D eigenvalue weighted by Crippen LogP contribution is 2.29. The van der Waals surface area contributed by atoms with E-state index < -0.39 is 0 Å². The van der Waals surface area contributed by atoms with Crippen molar-refractivity contribution in [1.82, 2.24) is 10.3 Å². The van der Waals surface area contributed by atoms with Gasteiger partial charge in [0.05, 0.1) is 11.5 Å². The Balaban J connectivity index is 1.99. The number of thiazole rings is 1. The molecule has 5 heteroatoms. The van der Waals surface area contributed by atoms with Gasteiger partial charge >= 0.3 is 0 Å². The Morgan fingerprint density at radius 2 is 2.33 bits per heavy atom. The molecule has 3 nitrogen and oxygen atoms in total. The third-order valence-electron chi connectivity index (χ3n) is 3.10. The Labute approximate surface area is 116 Å². The first-order chi connectivity index (χ1) is 8.67. The number of rotatable bonds is 6. The number of nitrogens with one attached hydrogen (secondary N) is 1. The van der Waals surface area contributed by atoms with Crippen LogP contribution < -0.4 is 5.32 Å². The van der Waals surface area contributed by atoms with Gasteiger partial charge in [-0.15, -0.1) is 22.7 Å². The second-order valence-corrected chi connectivity index (χ2v) is 6.60. The zero-order valence-electron chi connectivity index (χ0n) is 10.6. The van der Waals surface area contributed by atoms with E-state index in [0.717, 1.165) is 18.0 Å². The molecule has 0 bridgehead atoms. The molecule has 0 amide bonds. The lowest BCUT2D eigenvalue weighted by atomic mass is 10.0. The third-order valence-corrected chi connectivity index (χ3v) is 5.14. The Hall–Kier alpha value is -0.750. The molecule has 0 saturated carbocycles. The third kappa shape index (κ3) is 3.17. The van der Waals surface area contributed by atoms with Crippen molar-refractivity contribution in [2.75, 3.05) is 6.61 Å². The van der Waals surface area contributed by atoms with Crippen molar-refractivity contribution in [3.05, 3.63) is 28.6 Å². The molecule has 0 saturated heterocycles. The van der Waals surface area contributed by atoms with Crippen molar-refractivity contribution in [1.29, 1.82) is 0 Å². The maximum atomic E-state index is 9.35. The fraction of sp³-hybridized carbons (Fsp3) is 0.462. The zero-order valence-corrected chi connectivity index (χ0v) is 12.3. The van der Waals surface area contributed by atoms with Crippen LogP contribution in [-0.4, -0.2) is 22.2 Å². The van der Waals surface area contributed by atoms with E-state index in [1.165, 1.54) is 9.75 Å². The zero-order chi connectivity index (χ0) is 13.0. The van der Waals surface area contributed by atoms with Gasteiger partial charge in [0, 0.05) is 23.2 Å². The van der Waals surface area contributed by atoms with Crippen molar-refractivity contribution in [2.45, 2.75) is 32.4 Å². The first-order valence-electron chi connectivity index (χ1n) is 6.01. The summed E-state index contributed by atoms with van der Waals surface area (Å²) in [5, 5.41) is 15.9. The standard InChI is InChI=1S/C13H18N2OS2/c1-3-13(2,9-16)15-8-10-7-14-12(18-10)11-5-4-6-17-11/h4-7,15-16H,3,8-9H2,1-2H3. The van der Waals surface area contributed by atoms with Gasteiger partial charge in [-0.25, -0.2) is 4.98 Å². The van der Waals surface area contributed by atoms with E-state index in [9.17, 15) is 5.11 Å². The summed E-state index contributed by atoms with van der Waals surface area (Å²) in [5.74, 6) is 0. The molecule has 1 unspecified atom stereocenters. The average Bonchev–Trinajstić information content (AvgIpc) is 3.06. The smallest absolute Gasteiger partial charge is 0.133 e. The van der Waals surface area contributed by atoms with E-state index in [1.54, 1.807) is 22.7 Å². The van der Waals surface area contributed by atoms with Crippen LogP contribution in [0.2, 0.25) is 0 Å². The van der Waals surface area contributed by atoms with E-state index >= 15 is 0 Å². The van der Waals surface area contributed by atoms with E-state index in [2.05, 4.69) is 28.7 Å². The topological polar surface area (TPSA) is 45.1 Å². The molecule has 2 aromatic rings. The summed E-state index contributed by atoms with van der Waals surface area (Å²) in [6, 6.07) is 4.13. The van der Waals surface area contributed by atoms with Crippen molar-refractivity contribution >= 4 is 22.7 Å². The molecule has 1 atom stereocenters. The quantitative estimate of drug-likeness (QED) is 0.855. The minimum atomic E-state index is -0.201. The molecule has 0 aliphatic carbocycles. The van der Waals surface area contributed by atoms with Crippen LogP contribution in [0.4, 0.5) is 0 Å². The second kappa shape index (κ2) is 5.93. The van der Waals surface area contributed by atoms with Gasteiger partial charge in [-0.1, -0.05) is 13.0 Å². The van der Waals surface area contributed by atoms with Crippen molar-refractivity contribution < 1.29 is 5.11 Å². The minimum Gasteiger partial charge on any atom is -0.394 e. The molecule has 0 aromatic carbocycles. The summed E-state index contributed by atoms with van der Waals surface area (Å²) in [6.45, 7) is 5.02. The van der Waals surface area contributed by atoms with Crippen LogP contribution in [0.25, 0.3) is 9.88 Å². The van der Waals surface area contributed by atoms with Crippen LogP contribution in [0.3, 0.4) is 0 Å². The Morgan fingerprint density at radius 3 is 2.94 bits per heavy atom. The summed E-state index contributed by atoms with van der Waals surface area (Å²) in [6.07, 6.45) is 2.82. The van der Waals surface area contributed by atoms with E-state index in [4.69, 9.17) is 0 Å². The molecule has 0 spiro atoms. The Bertz CT molecular complexity index is 475. The molecule has 18 heavy (non-hydrogen) atoms. The molecule has 2 heterocycles. The maximum absolute atomic E-state index is 9.35. The Kier molecular flexibility index (Phi) is 4.50. The van der Waals surface area contributed by atoms with Gasteiger partial charge in [-0.3, -0.25) is 0 Å². The average molecular weight is 282 g/mol. The van der Waals surface area contributed by atoms with E-state index in [0.29, 0.717) is 0 Å². The van der Waals surface area contributed by atoms with Crippen LogP contribution in [0, 0.1) is 0 Å². The molecule has 0 aliphatic heterocycles. The molecule has 2 rings (SSSR count). The Morgan fingerprint density at radius 1 is 1.50 bits per heavy atom. The normalized spacial score (nSPS) is 14.6. The van der Waals surface area contributed by atoms with Crippen molar-refractivity contribution in [3.63, 3.8) is 0 Å². The highest BCUT2D eigenvalue weighted by atomic mass is 32.1. The summed E-state index contributed by atoms with van der Waals surface area (Å²) in [4.78, 5) is 6.85. The van der Waals surface area contributed by atoms with Crippen LogP contribution in [0.5, 0.6) is 0 Å². The number of thiophene rings is 1. The number of hydrogen-bond donors (Lipinski definition) is 2. The molecule has 2 N–H and O–H groups in total. The number of hydrogen-bond acceptors (Lipinski definition) is 5. The first kappa shape index (κ1) is 13.7. The largest absolute Gasteiger partial charge is 0.394 e. The minimum absolute atomic E-state index is 0.153. The lowest BCUT2D eigenvalue weighted by Gasteiger charge is -2.26. The summed E-state index contributed by atoms with van der Waals surface area (Å²) < 4.78 is 0. The maximum Gasteiger partial charge on any atom is 0.133 e. The van der Waals surface area contributed by atoms with Crippen LogP contribution >= 0.6 is 22.7 Å². The van der Waals surface area contributed by atoms with Crippen LogP contribution in [0.1, 0.15) is 25.1 Å². The van der Waals surface area contributed by atoms with Gasteiger partial charge in [-0.2, -0.15) is 0 Å². The predicted molar refractivity (Wildman–Crippen MR) is 78.0 cm³/mol. The van der Waals surface area contributed by atoms with Crippen molar-refractivity contribution in [3.8, 4) is 9.88 Å². The molecule has 98 valence electrons. The van der Waals surface area contributed by atoms with Gasteiger partial charge in [0.25, 0.3) is 0 Å². The van der Waals surface area contributed by atoms with Gasteiger partial charge < -0.3 is 10.4 Å². The molecular weight excluding hydrogens is 264 g/mol. The SMILES string of the molecule is CCC(C)(CO)NCc1cnc(-c2cccs2)s1. The summed E-state index contributed by atoms with van der Waals surface area (Å²) in [5.41, 5.74) is -0.201. The van der Waals surface area contributed by atoms with Gasteiger partial charge in [0.15, 0.2) is 0 Å². The van der Waals surface area contributed by atoms with Gasteiger partial charge in [-0.05, 0) is 24.8 Å². The molecular formula is C13H18N2OS2. The number of aliphatic hydroxyl groups excluding tert-OH is 1. The lowest BCUT2D eigenvalue weighted by molar-refractivity contribution is 0.169. The lowest BCUT2D eigenvalue weighted by Crippen LogP contribution is -2.44. The fourth-order valence-corrected chi connectivity index (χ4v) is 3.15. The number of nitrogens with zero attached hydrogens (tertiary/aromatic N) is 1. The monoisotopic (exact) mass is 282 g/mol. The second-order valence-electron chi connectivity index (χ2n) is 4.53. The molecule has 2 aromatic heterocycles. The number of aliphatic hydroxyl groups is 1. The van der Waals surface area contributed by atoms with Gasteiger partial charge in [0.1, 0.15) is 5.01 Å². The highest BCUT2D eigenvalue weighted by molar-refractivity contribution is 7.20. The van der Waals surface area contributed by atoms with E-state index in [1.807, 2.05) is 19.2 Å². The fourth-order valence-electron chi connectivity index (χ4n) is 1.50. The van der Waals surface area contributed by atoms with Gasteiger partial charge in [0.2, 0.25) is 0 Å².